The third-order valence-electron chi connectivity index (χ3n) is 5.20. The first-order chi connectivity index (χ1) is 14.7. The van der Waals surface area contributed by atoms with E-state index in [-0.39, 0.29) is 17.2 Å². The van der Waals surface area contributed by atoms with Gasteiger partial charge in [-0.3, -0.25) is 19.0 Å². The number of amides is 1. The number of thiophene rings is 1. The van der Waals surface area contributed by atoms with Gasteiger partial charge in [-0.05, 0) is 63.9 Å². The van der Waals surface area contributed by atoms with Gasteiger partial charge in [-0.1, -0.05) is 25.1 Å². The summed E-state index contributed by atoms with van der Waals surface area (Å²) in [6.07, 6.45) is 1.83. The minimum Gasteiger partial charge on any atom is -0.325 e. The Kier molecular flexibility index (Phi) is 7.33. The van der Waals surface area contributed by atoms with Crippen LogP contribution in [0.4, 0.5) is 5.69 Å². The normalized spacial score (nSPS) is 12.2. The number of hydrogen-bond donors (Lipinski definition) is 1. The summed E-state index contributed by atoms with van der Waals surface area (Å²) in [7, 11) is 0. The molecule has 1 aromatic carbocycles. The second-order valence-corrected chi connectivity index (χ2v) is 10.1. The molecule has 0 saturated heterocycles. The lowest BCUT2D eigenvalue weighted by atomic mass is 10.1. The first-order valence-corrected chi connectivity index (χ1v) is 12.0. The molecule has 0 spiro atoms. The average Bonchev–Trinajstić information content (AvgIpc) is 3.01. The maximum atomic E-state index is 13.2. The Balaban J connectivity index is 1.85. The maximum Gasteiger partial charge on any atom is 0.263 e. The highest BCUT2D eigenvalue weighted by molar-refractivity contribution is 8.00. The van der Waals surface area contributed by atoms with Gasteiger partial charge in [0.15, 0.2) is 10.9 Å². The van der Waals surface area contributed by atoms with E-state index in [1.54, 1.807) is 35.8 Å². The monoisotopic (exact) mass is 457 g/mol. The smallest absolute Gasteiger partial charge is 0.263 e. The van der Waals surface area contributed by atoms with Gasteiger partial charge in [0.1, 0.15) is 4.83 Å². The van der Waals surface area contributed by atoms with Crippen molar-refractivity contribution in [2.45, 2.75) is 64.4 Å². The van der Waals surface area contributed by atoms with Crippen LogP contribution in [-0.2, 0) is 11.3 Å². The molecule has 0 fully saturated rings. The molecule has 1 atom stereocenters. The minimum atomic E-state index is -0.452. The van der Waals surface area contributed by atoms with E-state index in [0.29, 0.717) is 28.3 Å². The fourth-order valence-corrected chi connectivity index (χ4v) is 5.16. The molecule has 164 valence electrons. The number of anilines is 1. The predicted molar refractivity (Wildman–Crippen MR) is 129 cm³/mol. The molecule has 0 saturated carbocycles. The Labute approximate surface area is 190 Å². The van der Waals surface area contributed by atoms with Gasteiger partial charge < -0.3 is 5.32 Å². The number of ketones is 1. The summed E-state index contributed by atoms with van der Waals surface area (Å²) < 4.78 is 1.71. The lowest BCUT2D eigenvalue weighted by Gasteiger charge is -2.16. The van der Waals surface area contributed by atoms with Crippen molar-refractivity contribution in [1.82, 2.24) is 9.55 Å². The van der Waals surface area contributed by atoms with Crippen LogP contribution in [0, 0.1) is 13.8 Å². The van der Waals surface area contributed by atoms with E-state index >= 15 is 0 Å². The van der Waals surface area contributed by atoms with E-state index in [0.717, 1.165) is 28.1 Å². The van der Waals surface area contributed by atoms with E-state index < -0.39 is 5.25 Å². The summed E-state index contributed by atoms with van der Waals surface area (Å²) in [5.74, 6) is -0.206. The summed E-state index contributed by atoms with van der Waals surface area (Å²) in [5.41, 5.74) is 2.17. The molecule has 0 aliphatic heterocycles. The molecule has 0 radical (unpaired) electrons. The van der Waals surface area contributed by atoms with Gasteiger partial charge in [0.2, 0.25) is 5.91 Å². The number of Topliss-reactive ketones (excluding diaryl/α,β-unsaturated/α-hetero) is 1. The molecule has 3 aromatic rings. The Morgan fingerprint density at radius 3 is 2.52 bits per heavy atom. The van der Waals surface area contributed by atoms with E-state index in [4.69, 9.17) is 4.98 Å². The number of aromatic nitrogens is 2. The number of unbranched alkanes of at least 4 members (excludes halogenated alkanes) is 1. The van der Waals surface area contributed by atoms with Crippen LogP contribution in [0.2, 0.25) is 0 Å². The van der Waals surface area contributed by atoms with Crippen LogP contribution in [0.3, 0.4) is 0 Å². The van der Waals surface area contributed by atoms with Crippen LogP contribution >= 0.6 is 23.1 Å². The Hall–Kier alpha value is -2.45. The third-order valence-corrected chi connectivity index (χ3v) is 7.39. The molecule has 8 heteroatoms. The molecule has 31 heavy (non-hydrogen) atoms. The fraction of sp³-hybridized carbons (Fsp3) is 0.391. The third kappa shape index (κ3) is 5.07. The molecule has 0 aliphatic carbocycles. The van der Waals surface area contributed by atoms with Crippen molar-refractivity contribution in [2.24, 2.45) is 0 Å². The SMILES string of the molecule is CCCCn1c(SC(C)C(=O)Nc2ccc(C(C)=O)cc2)nc2sc(C)c(C)c2c1=O. The van der Waals surface area contributed by atoms with Gasteiger partial charge in [0.25, 0.3) is 5.56 Å². The molecular weight excluding hydrogens is 430 g/mol. The van der Waals surface area contributed by atoms with Crippen molar-refractivity contribution >= 4 is 50.7 Å². The van der Waals surface area contributed by atoms with E-state index in [1.807, 2.05) is 13.8 Å². The largest absolute Gasteiger partial charge is 0.325 e. The number of hydrogen-bond acceptors (Lipinski definition) is 6. The molecule has 6 nitrogen and oxygen atoms in total. The zero-order valence-corrected chi connectivity index (χ0v) is 20.1. The summed E-state index contributed by atoms with van der Waals surface area (Å²) in [5, 5.41) is 3.68. The first-order valence-electron chi connectivity index (χ1n) is 10.3. The quantitative estimate of drug-likeness (QED) is 0.286. The predicted octanol–water partition coefficient (Wildman–Crippen LogP) is 5.20. The molecule has 0 aliphatic rings. The van der Waals surface area contributed by atoms with Gasteiger partial charge in [-0.15, -0.1) is 11.3 Å². The van der Waals surface area contributed by atoms with Crippen LogP contribution in [0.1, 0.15) is 54.4 Å². The van der Waals surface area contributed by atoms with Crippen molar-refractivity contribution in [3.05, 3.63) is 50.6 Å². The molecule has 3 rings (SSSR count). The standard InChI is InChI=1S/C23H27N3O3S2/c1-6-7-12-26-22(29)19-13(2)15(4)30-21(19)25-23(26)31-16(5)20(28)24-18-10-8-17(9-11-18)14(3)27/h8-11,16H,6-7,12H2,1-5H3,(H,24,28). The number of thioether (sulfide) groups is 1. The van der Waals surface area contributed by atoms with Gasteiger partial charge in [-0.25, -0.2) is 4.98 Å². The first kappa shape index (κ1) is 23.2. The average molecular weight is 458 g/mol. The number of fused-ring (bicyclic) bond motifs is 1. The highest BCUT2D eigenvalue weighted by Gasteiger charge is 2.21. The van der Waals surface area contributed by atoms with Crippen LogP contribution in [0.5, 0.6) is 0 Å². The topological polar surface area (TPSA) is 81.1 Å². The second kappa shape index (κ2) is 9.78. The van der Waals surface area contributed by atoms with E-state index in [1.165, 1.54) is 30.0 Å². The van der Waals surface area contributed by atoms with Crippen molar-refractivity contribution in [3.8, 4) is 0 Å². The molecule has 0 bridgehead atoms. The molecule has 1 amide bonds. The lowest BCUT2D eigenvalue weighted by Crippen LogP contribution is -2.27. The molecule has 2 aromatic heterocycles. The summed E-state index contributed by atoms with van der Waals surface area (Å²) in [6.45, 7) is 9.92. The number of nitrogens with zero attached hydrogens (tertiary/aromatic N) is 2. The lowest BCUT2D eigenvalue weighted by molar-refractivity contribution is -0.115. The molecular formula is C23H27N3O3S2. The zero-order chi connectivity index (χ0) is 22.7. The number of rotatable bonds is 8. The number of carbonyl (C=O) groups is 2. The van der Waals surface area contributed by atoms with Gasteiger partial charge in [0, 0.05) is 22.7 Å². The number of benzene rings is 1. The Morgan fingerprint density at radius 1 is 1.23 bits per heavy atom. The number of nitrogens with one attached hydrogen (secondary N) is 1. The number of aryl methyl sites for hydroxylation is 2. The van der Waals surface area contributed by atoms with Crippen molar-refractivity contribution < 1.29 is 9.59 Å². The Bertz CT molecular complexity index is 1180. The van der Waals surface area contributed by atoms with Gasteiger partial charge in [-0.2, -0.15) is 0 Å². The van der Waals surface area contributed by atoms with Crippen LogP contribution in [-0.4, -0.2) is 26.5 Å². The van der Waals surface area contributed by atoms with Crippen molar-refractivity contribution in [1.29, 1.82) is 0 Å². The van der Waals surface area contributed by atoms with Crippen molar-refractivity contribution in [2.75, 3.05) is 5.32 Å². The minimum absolute atomic E-state index is 0.0210. The van der Waals surface area contributed by atoms with E-state index in [9.17, 15) is 14.4 Å². The van der Waals surface area contributed by atoms with Gasteiger partial charge >= 0.3 is 0 Å². The number of carbonyl (C=O) groups excluding carboxylic acids is 2. The van der Waals surface area contributed by atoms with Crippen LogP contribution in [0.15, 0.2) is 34.2 Å². The maximum absolute atomic E-state index is 13.2. The summed E-state index contributed by atoms with van der Waals surface area (Å²) in [6, 6.07) is 6.81. The van der Waals surface area contributed by atoms with Crippen LogP contribution < -0.4 is 10.9 Å². The second-order valence-electron chi connectivity index (χ2n) is 7.55. The Morgan fingerprint density at radius 2 is 1.90 bits per heavy atom. The highest BCUT2D eigenvalue weighted by Crippen LogP contribution is 2.30. The summed E-state index contributed by atoms with van der Waals surface area (Å²) >= 11 is 2.81. The fourth-order valence-electron chi connectivity index (χ4n) is 3.16. The summed E-state index contributed by atoms with van der Waals surface area (Å²) in [4.78, 5) is 43.9. The molecule has 1 N–H and O–H groups in total. The van der Waals surface area contributed by atoms with Crippen molar-refractivity contribution in [3.63, 3.8) is 0 Å². The van der Waals surface area contributed by atoms with Gasteiger partial charge in [0.05, 0.1) is 10.6 Å². The zero-order valence-electron chi connectivity index (χ0n) is 18.4. The van der Waals surface area contributed by atoms with E-state index in [2.05, 4.69) is 12.2 Å². The molecule has 1 unspecified atom stereocenters. The molecule has 2 heterocycles. The van der Waals surface area contributed by atoms with Crippen LogP contribution in [0.25, 0.3) is 10.2 Å². The highest BCUT2D eigenvalue weighted by atomic mass is 32.2.